The molecule has 2 N–H and O–H groups in total. The van der Waals surface area contributed by atoms with E-state index in [1.807, 2.05) is 66.8 Å². The number of fused-ring (bicyclic) bond motifs is 8. The minimum absolute atomic E-state index is 0.939. The minimum atomic E-state index is 0.939. The average Bonchev–Trinajstić information content (AvgIpc) is 3.56. The van der Waals surface area contributed by atoms with Crippen molar-refractivity contribution in [3.05, 3.63) is 102 Å². The van der Waals surface area contributed by atoms with Gasteiger partial charge in [-0.05, 0) is 85.0 Å². The van der Waals surface area contributed by atoms with Crippen LogP contribution in [0.25, 0.3) is 46.4 Å². The van der Waals surface area contributed by atoms with Gasteiger partial charge in [-0.3, -0.25) is 4.98 Å². The lowest BCUT2D eigenvalue weighted by molar-refractivity contribution is 1.31. The summed E-state index contributed by atoms with van der Waals surface area (Å²) in [4.78, 5) is 19.8. The van der Waals surface area contributed by atoms with Crippen molar-refractivity contribution in [1.82, 2.24) is 24.9 Å². The molecule has 5 heteroatoms. The molecule has 2 aliphatic rings. The molecule has 0 atom stereocenters. The van der Waals surface area contributed by atoms with Crippen LogP contribution in [-0.2, 0) is 0 Å². The standard InChI is InChI=1S/C20H14N4.C5H5N/c1-2-14-10-16-5-6-18(23-16)12-20-8-7-19(24-20)11-17-4-3-15(22-17)9-13(1)21-14;1-2-4-6-5-3-1/h1-12,21,24H;1-5H. The summed E-state index contributed by atoms with van der Waals surface area (Å²) in [6.07, 6.45) is 11.6. The molecule has 0 aliphatic carbocycles. The highest BCUT2D eigenvalue weighted by molar-refractivity contribution is 5.77. The van der Waals surface area contributed by atoms with E-state index in [1.54, 1.807) is 12.4 Å². The molecule has 6 rings (SSSR count). The Balaban J connectivity index is 0.000000279. The Labute approximate surface area is 173 Å². The first kappa shape index (κ1) is 17.8. The summed E-state index contributed by atoms with van der Waals surface area (Å²) in [6, 6.07) is 22.1. The molecule has 0 unspecified atom stereocenters. The Hall–Kier alpha value is -4.25. The Morgan fingerprint density at radius 1 is 0.467 bits per heavy atom. The molecule has 0 saturated heterocycles. The highest BCUT2D eigenvalue weighted by atomic mass is 14.8. The van der Waals surface area contributed by atoms with Gasteiger partial charge in [0.25, 0.3) is 0 Å². The molecule has 0 radical (unpaired) electrons. The highest BCUT2D eigenvalue weighted by Gasteiger charge is 2.01. The molecular formula is C25H19N5. The molecule has 0 saturated carbocycles. The number of rotatable bonds is 0. The second-order valence-corrected chi connectivity index (χ2v) is 6.93. The van der Waals surface area contributed by atoms with E-state index in [4.69, 9.17) is 0 Å². The zero-order valence-corrected chi connectivity index (χ0v) is 16.2. The average molecular weight is 389 g/mol. The summed E-state index contributed by atoms with van der Waals surface area (Å²) in [5, 5.41) is 0. The number of nitrogens with zero attached hydrogens (tertiary/aromatic N) is 3. The maximum absolute atomic E-state index is 4.63. The number of aromatic nitrogens is 5. The van der Waals surface area contributed by atoms with Crippen LogP contribution in [-0.4, -0.2) is 24.9 Å². The van der Waals surface area contributed by atoms with E-state index in [2.05, 4.69) is 49.2 Å². The van der Waals surface area contributed by atoms with Crippen LogP contribution in [0.5, 0.6) is 0 Å². The van der Waals surface area contributed by atoms with Crippen LogP contribution in [0, 0.1) is 0 Å². The van der Waals surface area contributed by atoms with Crippen LogP contribution in [0.3, 0.4) is 0 Å². The lowest BCUT2D eigenvalue weighted by Crippen LogP contribution is -1.75. The Kier molecular flexibility index (Phi) is 4.76. The normalized spacial score (nSPS) is 11.7. The van der Waals surface area contributed by atoms with E-state index in [0.717, 1.165) is 44.8 Å². The molecule has 6 heterocycles. The van der Waals surface area contributed by atoms with E-state index in [0.29, 0.717) is 0 Å². The second kappa shape index (κ2) is 8.01. The summed E-state index contributed by atoms with van der Waals surface area (Å²) in [7, 11) is 0. The van der Waals surface area contributed by atoms with Crippen molar-refractivity contribution in [2.24, 2.45) is 0 Å². The summed E-state index contributed by atoms with van der Waals surface area (Å²) in [6.45, 7) is 0. The fourth-order valence-electron chi connectivity index (χ4n) is 3.26. The van der Waals surface area contributed by atoms with Crippen LogP contribution in [0.2, 0.25) is 0 Å². The van der Waals surface area contributed by atoms with E-state index in [-0.39, 0.29) is 0 Å². The van der Waals surface area contributed by atoms with Gasteiger partial charge >= 0.3 is 0 Å². The predicted octanol–water partition coefficient (Wildman–Crippen LogP) is 5.74. The fraction of sp³-hybridized carbons (Fsp3) is 0. The largest absolute Gasteiger partial charge is 0.355 e. The first-order valence-corrected chi connectivity index (χ1v) is 9.70. The van der Waals surface area contributed by atoms with Gasteiger partial charge in [0.05, 0.1) is 22.8 Å². The molecule has 144 valence electrons. The first-order chi connectivity index (χ1) is 14.8. The van der Waals surface area contributed by atoms with Crippen molar-refractivity contribution >= 4 is 46.4 Å². The summed E-state index contributed by atoms with van der Waals surface area (Å²) in [5.41, 5.74) is 7.86. The number of aromatic amines is 2. The molecular weight excluding hydrogens is 370 g/mol. The summed E-state index contributed by atoms with van der Waals surface area (Å²) in [5.74, 6) is 0. The van der Waals surface area contributed by atoms with Gasteiger partial charge in [-0.1, -0.05) is 6.07 Å². The van der Waals surface area contributed by atoms with Gasteiger partial charge in [-0.15, -0.1) is 0 Å². The number of hydrogen-bond acceptors (Lipinski definition) is 3. The number of H-pyrrole nitrogens is 2. The second-order valence-electron chi connectivity index (χ2n) is 6.93. The van der Waals surface area contributed by atoms with Crippen LogP contribution < -0.4 is 0 Å². The third-order valence-electron chi connectivity index (χ3n) is 4.61. The first-order valence-electron chi connectivity index (χ1n) is 9.70. The zero-order valence-electron chi connectivity index (χ0n) is 16.2. The highest BCUT2D eigenvalue weighted by Crippen LogP contribution is 2.16. The Bertz CT molecular complexity index is 1190. The zero-order chi connectivity index (χ0) is 20.2. The van der Waals surface area contributed by atoms with E-state index in [1.165, 1.54) is 0 Å². The predicted molar refractivity (Wildman–Crippen MR) is 123 cm³/mol. The Morgan fingerprint density at radius 2 is 0.833 bits per heavy atom. The molecule has 5 nitrogen and oxygen atoms in total. The van der Waals surface area contributed by atoms with Gasteiger partial charge in [0.15, 0.2) is 0 Å². The molecule has 30 heavy (non-hydrogen) atoms. The molecule has 0 aromatic carbocycles. The van der Waals surface area contributed by atoms with Crippen molar-refractivity contribution in [3.63, 3.8) is 0 Å². The molecule has 0 spiro atoms. The van der Waals surface area contributed by atoms with Crippen molar-refractivity contribution in [3.8, 4) is 0 Å². The van der Waals surface area contributed by atoms with E-state index >= 15 is 0 Å². The molecule has 0 fully saturated rings. The van der Waals surface area contributed by atoms with Gasteiger partial charge < -0.3 is 9.97 Å². The maximum atomic E-state index is 4.63. The number of nitrogens with one attached hydrogen (secondary N) is 2. The summed E-state index contributed by atoms with van der Waals surface area (Å²) < 4.78 is 0. The smallest absolute Gasteiger partial charge is 0.0658 e. The lowest BCUT2D eigenvalue weighted by atomic mass is 10.3. The molecule has 0 amide bonds. The quantitative estimate of drug-likeness (QED) is 0.348. The maximum Gasteiger partial charge on any atom is 0.0658 e. The molecule has 4 aromatic heterocycles. The van der Waals surface area contributed by atoms with Crippen molar-refractivity contribution in [2.75, 3.05) is 0 Å². The third-order valence-corrected chi connectivity index (χ3v) is 4.61. The van der Waals surface area contributed by atoms with Crippen LogP contribution >= 0.6 is 0 Å². The Morgan fingerprint density at radius 3 is 1.10 bits per heavy atom. The fourth-order valence-corrected chi connectivity index (χ4v) is 3.26. The number of pyridine rings is 1. The van der Waals surface area contributed by atoms with Crippen molar-refractivity contribution in [1.29, 1.82) is 0 Å². The molecule has 4 aromatic rings. The number of hydrogen-bond donors (Lipinski definition) is 2. The van der Waals surface area contributed by atoms with Crippen molar-refractivity contribution < 1.29 is 0 Å². The molecule has 2 aliphatic heterocycles. The SMILES string of the molecule is C1=Cc2cc3ccc(cc4nc(cc5ccc(cc1n2)[nH]5)C=C4)[nH]3.c1ccncc1. The topological polar surface area (TPSA) is 70.2 Å². The van der Waals surface area contributed by atoms with Gasteiger partial charge in [-0.2, -0.15) is 0 Å². The monoisotopic (exact) mass is 389 g/mol. The van der Waals surface area contributed by atoms with Gasteiger partial charge in [0.2, 0.25) is 0 Å². The van der Waals surface area contributed by atoms with Crippen LogP contribution in [0.15, 0.2) is 79.1 Å². The van der Waals surface area contributed by atoms with Gasteiger partial charge in [-0.25, -0.2) is 9.97 Å². The van der Waals surface area contributed by atoms with Crippen LogP contribution in [0.4, 0.5) is 0 Å². The van der Waals surface area contributed by atoms with Crippen molar-refractivity contribution in [2.45, 2.75) is 0 Å². The van der Waals surface area contributed by atoms with E-state index in [9.17, 15) is 0 Å². The minimum Gasteiger partial charge on any atom is -0.355 e. The lowest BCUT2D eigenvalue weighted by Gasteiger charge is -1.85. The van der Waals surface area contributed by atoms with Gasteiger partial charge in [0, 0.05) is 34.5 Å². The van der Waals surface area contributed by atoms with Gasteiger partial charge in [0.1, 0.15) is 0 Å². The van der Waals surface area contributed by atoms with E-state index < -0.39 is 0 Å². The molecule has 8 bridgehead atoms. The summed E-state index contributed by atoms with van der Waals surface area (Å²) >= 11 is 0. The third kappa shape index (κ3) is 4.25. The van der Waals surface area contributed by atoms with Crippen LogP contribution in [0.1, 0.15) is 22.8 Å².